The molecule has 3 amide bonds. The van der Waals surface area contributed by atoms with Gasteiger partial charge in [0, 0.05) is 13.5 Å². The van der Waals surface area contributed by atoms with Crippen LogP contribution in [0.1, 0.15) is 6.42 Å². The molecule has 0 bridgehead atoms. The van der Waals surface area contributed by atoms with Crippen molar-refractivity contribution in [2.75, 3.05) is 7.05 Å². The number of imide groups is 1. The Hall–Kier alpha value is -0.750. The molecule has 1 rings (SSSR count). The van der Waals surface area contributed by atoms with Gasteiger partial charge in [-0.25, -0.2) is 4.79 Å². The van der Waals surface area contributed by atoms with Gasteiger partial charge in [0.25, 0.3) is 5.91 Å². The maximum absolute atomic E-state index is 11.7. The summed E-state index contributed by atoms with van der Waals surface area (Å²) in [5, 5.41) is 0.410. The maximum Gasteiger partial charge on any atom is 0.325 e. The van der Waals surface area contributed by atoms with Gasteiger partial charge in [-0.2, -0.15) is 0 Å². The van der Waals surface area contributed by atoms with Gasteiger partial charge in [-0.05, 0) is 11.8 Å². The van der Waals surface area contributed by atoms with Crippen LogP contribution in [0.25, 0.3) is 0 Å². The first-order valence-electron chi connectivity index (χ1n) is 4.03. The van der Waals surface area contributed by atoms with E-state index in [1.165, 1.54) is 13.1 Å². The lowest BCUT2D eigenvalue weighted by Crippen LogP contribution is -2.45. The standard InChI is InChI=1S/C7H11N2O4PS/c1-3-4-7(14(12,13)15)5(10)9(2)6(11)8-7/h3H,1,4H2,2H3,(H,8,11)(H2,12,13,15). The number of carbonyl (C=O) groups excluding carboxylic acids is 2. The van der Waals surface area contributed by atoms with Gasteiger partial charge >= 0.3 is 6.03 Å². The van der Waals surface area contributed by atoms with Gasteiger partial charge in [0.05, 0.1) is 0 Å². The highest BCUT2D eigenvalue weighted by molar-refractivity contribution is 8.10. The Morgan fingerprint density at radius 1 is 1.67 bits per heavy atom. The largest absolute Gasteiger partial charge is 0.343 e. The molecule has 1 saturated heterocycles. The molecular weight excluding hydrogens is 239 g/mol. The SMILES string of the molecule is C=CCC1(P(O)(O)=S)NC(=O)N(C)C1=O. The van der Waals surface area contributed by atoms with Crippen molar-refractivity contribution in [3.63, 3.8) is 0 Å². The second-order valence-corrected chi connectivity index (χ2v) is 6.57. The van der Waals surface area contributed by atoms with Gasteiger partial charge < -0.3 is 15.1 Å². The number of rotatable bonds is 3. The summed E-state index contributed by atoms with van der Waals surface area (Å²) in [5.74, 6) is -0.735. The van der Waals surface area contributed by atoms with Crippen molar-refractivity contribution in [2.45, 2.75) is 11.7 Å². The van der Waals surface area contributed by atoms with Gasteiger partial charge in [-0.1, -0.05) is 6.08 Å². The van der Waals surface area contributed by atoms with E-state index in [-0.39, 0.29) is 6.42 Å². The molecule has 0 aromatic carbocycles. The third-order valence-electron chi connectivity index (χ3n) is 2.21. The third kappa shape index (κ3) is 1.72. The first-order chi connectivity index (χ1) is 6.76. The zero-order chi connectivity index (χ0) is 11.9. The number of carbonyl (C=O) groups is 2. The molecule has 1 aliphatic rings. The van der Waals surface area contributed by atoms with Crippen LogP contribution in [0.2, 0.25) is 0 Å². The zero-order valence-electron chi connectivity index (χ0n) is 8.01. The van der Waals surface area contributed by atoms with Crippen molar-refractivity contribution < 1.29 is 19.4 Å². The summed E-state index contributed by atoms with van der Waals surface area (Å²) >= 11 is 4.52. The summed E-state index contributed by atoms with van der Waals surface area (Å²) in [6, 6.07) is -0.695. The molecule has 0 aromatic heterocycles. The molecule has 1 aliphatic heterocycles. The summed E-state index contributed by atoms with van der Waals surface area (Å²) < 4.78 is 0. The molecule has 1 unspecified atom stereocenters. The van der Waals surface area contributed by atoms with Gasteiger partial charge in [-0.3, -0.25) is 9.69 Å². The number of urea groups is 1. The molecule has 0 aliphatic carbocycles. The molecule has 84 valence electrons. The van der Waals surface area contributed by atoms with E-state index in [0.29, 0.717) is 0 Å². The first-order valence-corrected chi connectivity index (χ1v) is 6.74. The Balaban J connectivity index is 3.26. The summed E-state index contributed by atoms with van der Waals surface area (Å²) in [6.07, 6.45) is 1.21. The lowest BCUT2D eigenvalue weighted by molar-refractivity contribution is -0.127. The predicted octanol–water partition coefficient (Wildman–Crippen LogP) is -0.266. The average molecular weight is 250 g/mol. The molecule has 0 radical (unpaired) electrons. The molecule has 0 spiro atoms. The van der Waals surface area contributed by atoms with E-state index in [4.69, 9.17) is 0 Å². The van der Waals surface area contributed by atoms with E-state index in [2.05, 4.69) is 23.7 Å². The highest BCUT2D eigenvalue weighted by Crippen LogP contribution is 2.53. The minimum absolute atomic E-state index is 0.105. The summed E-state index contributed by atoms with van der Waals surface area (Å²) in [4.78, 5) is 42.7. The Bertz CT molecular complexity index is 379. The fourth-order valence-corrected chi connectivity index (χ4v) is 2.95. The number of amides is 3. The van der Waals surface area contributed by atoms with Crippen LogP contribution < -0.4 is 5.32 Å². The molecule has 1 atom stereocenters. The summed E-state index contributed by atoms with van der Waals surface area (Å²) in [6.45, 7) is -0.558. The zero-order valence-corrected chi connectivity index (χ0v) is 9.72. The summed E-state index contributed by atoms with van der Waals surface area (Å²) in [5.41, 5.74) is 0. The van der Waals surface area contributed by atoms with Crippen molar-refractivity contribution in [2.24, 2.45) is 0 Å². The van der Waals surface area contributed by atoms with Crippen LogP contribution in [-0.2, 0) is 16.6 Å². The van der Waals surface area contributed by atoms with Gasteiger partial charge in [0.2, 0.25) is 6.49 Å². The van der Waals surface area contributed by atoms with E-state index in [9.17, 15) is 19.4 Å². The van der Waals surface area contributed by atoms with E-state index in [1.807, 2.05) is 0 Å². The van der Waals surface area contributed by atoms with Gasteiger partial charge in [-0.15, -0.1) is 6.58 Å². The van der Waals surface area contributed by atoms with Crippen LogP contribution in [0.4, 0.5) is 4.79 Å². The van der Waals surface area contributed by atoms with Crippen LogP contribution in [0.3, 0.4) is 0 Å². The lowest BCUT2D eigenvalue weighted by atomic mass is 10.2. The van der Waals surface area contributed by atoms with E-state index < -0.39 is 23.7 Å². The minimum Gasteiger partial charge on any atom is -0.343 e. The smallest absolute Gasteiger partial charge is 0.325 e. The Labute approximate surface area is 91.7 Å². The number of nitrogens with one attached hydrogen (secondary N) is 1. The van der Waals surface area contributed by atoms with Crippen molar-refractivity contribution in [1.82, 2.24) is 10.2 Å². The molecule has 6 nitrogen and oxygen atoms in total. The van der Waals surface area contributed by atoms with Crippen LogP contribution in [0, 0.1) is 0 Å². The normalized spacial score (nSPS) is 26.7. The molecule has 0 aromatic rings. The van der Waals surface area contributed by atoms with E-state index in [1.54, 1.807) is 0 Å². The molecular formula is C7H11N2O4PS. The molecule has 1 fully saturated rings. The van der Waals surface area contributed by atoms with Crippen LogP contribution >= 0.6 is 6.49 Å². The fourth-order valence-electron chi connectivity index (χ4n) is 1.35. The van der Waals surface area contributed by atoms with E-state index >= 15 is 0 Å². The van der Waals surface area contributed by atoms with Crippen molar-refractivity contribution in [1.29, 1.82) is 0 Å². The van der Waals surface area contributed by atoms with Gasteiger partial charge in [0.15, 0.2) is 5.28 Å². The Morgan fingerprint density at radius 2 is 2.20 bits per heavy atom. The second-order valence-electron chi connectivity index (χ2n) is 3.19. The Morgan fingerprint density at radius 3 is 2.47 bits per heavy atom. The predicted molar refractivity (Wildman–Crippen MR) is 57.6 cm³/mol. The molecule has 0 saturated carbocycles. The Kier molecular flexibility index (Phi) is 3.02. The van der Waals surface area contributed by atoms with Crippen LogP contribution in [0.5, 0.6) is 0 Å². The maximum atomic E-state index is 11.7. The van der Waals surface area contributed by atoms with Crippen LogP contribution in [-0.4, -0.2) is 39.0 Å². The molecule has 8 heteroatoms. The number of hydrogen-bond acceptors (Lipinski definition) is 3. The fraction of sp³-hybridized carbons (Fsp3) is 0.429. The highest BCUT2D eigenvalue weighted by Gasteiger charge is 2.57. The topological polar surface area (TPSA) is 89.9 Å². The number of likely N-dealkylation sites (N-methyl/N-ethyl adjacent to an activating group) is 1. The average Bonchev–Trinajstić information content (AvgIpc) is 2.31. The molecule has 3 N–H and O–H groups in total. The number of hydrogen-bond donors (Lipinski definition) is 3. The monoisotopic (exact) mass is 250 g/mol. The van der Waals surface area contributed by atoms with Crippen LogP contribution in [0.15, 0.2) is 12.7 Å². The lowest BCUT2D eigenvalue weighted by Gasteiger charge is -2.28. The quantitative estimate of drug-likeness (QED) is 0.364. The molecule has 15 heavy (non-hydrogen) atoms. The molecule has 1 heterocycles. The first kappa shape index (κ1) is 12.3. The highest BCUT2D eigenvalue weighted by atomic mass is 32.5. The minimum atomic E-state index is -3.95. The van der Waals surface area contributed by atoms with Gasteiger partial charge in [0.1, 0.15) is 0 Å². The number of nitrogens with zero attached hydrogens (tertiary/aromatic N) is 1. The van der Waals surface area contributed by atoms with Crippen molar-refractivity contribution in [3.8, 4) is 0 Å². The van der Waals surface area contributed by atoms with Crippen molar-refractivity contribution >= 4 is 30.2 Å². The van der Waals surface area contributed by atoms with E-state index in [0.717, 1.165) is 4.90 Å². The van der Waals surface area contributed by atoms with Crippen molar-refractivity contribution in [3.05, 3.63) is 12.7 Å². The summed E-state index contributed by atoms with van der Waals surface area (Å²) in [7, 11) is 1.24. The third-order valence-corrected chi connectivity index (χ3v) is 4.63. The second kappa shape index (κ2) is 3.68.